The van der Waals surface area contributed by atoms with Gasteiger partial charge in [0.15, 0.2) is 0 Å². The van der Waals surface area contributed by atoms with Crippen LogP contribution in [0.3, 0.4) is 0 Å². The predicted octanol–water partition coefficient (Wildman–Crippen LogP) is 3.84. The number of halogens is 1. The van der Waals surface area contributed by atoms with E-state index >= 15 is 0 Å². The van der Waals surface area contributed by atoms with E-state index in [1.807, 2.05) is 0 Å². The first-order valence-corrected chi connectivity index (χ1v) is 6.70. The van der Waals surface area contributed by atoms with Gasteiger partial charge < -0.3 is 0 Å². The maximum atomic E-state index is 4.57. The highest BCUT2D eigenvalue weighted by molar-refractivity contribution is 9.09. The molecular weight excluding hydrogens is 250 g/mol. The average molecular weight is 264 g/mol. The lowest BCUT2D eigenvalue weighted by Gasteiger charge is -2.46. The molecule has 3 rings (SSSR count). The summed E-state index contributed by atoms with van der Waals surface area (Å²) in [5.41, 5.74) is 2.95. The van der Waals surface area contributed by atoms with Gasteiger partial charge in [0.05, 0.1) is 5.69 Å². The number of hydrogen-bond donors (Lipinski definition) is 0. The van der Waals surface area contributed by atoms with E-state index in [1.165, 1.54) is 30.5 Å². The van der Waals surface area contributed by atoms with Crippen molar-refractivity contribution in [3.05, 3.63) is 29.8 Å². The van der Waals surface area contributed by atoms with Crippen molar-refractivity contribution in [3.63, 3.8) is 0 Å². The summed E-state index contributed by atoms with van der Waals surface area (Å²) < 4.78 is 0. The normalized spacial score (nSPS) is 31.7. The molecule has 0 saturated heterocycles. The zero-order valence-electron chi connectivity index (χ0n) is 8.62. The summed E-state index contributed by atoms with van der Waals surface area (Å²) >= 11 is 3.55. The van der Waals surface area contributed by atoms with Crippen molar-refractivity contribution in [3.8, 4) is 0 Å². The Hall–Kier alpha value is -0.630. The fourth-order valence-corrected chi connectivity index (χ4v) is 3.50. The monoisotopic (exact) mass is 263 g/mol. The second-order valence-electron chi connectivity index (χ2n) is 4.53. The van der Waals surface area contributed by atoms with E-state index in [1.54, 1.807) is 0 Å². The summed E-state index contributed by atoms with van der Waals surface area (Å²) in [6.07, 6.45) is 6.10. The standard InChI is InChI=1S/C13H14BrN/c14-8-6-10-5-7-13(10)9-15-12-4-2-1-3-11(12)13/h1-4,9-10H,5-8H2. The quantitative estimate of drug-likeness (QED) is 0.720. The summed E-state index contributed by atoms with van der Waals surface area (Å²) in [4.78, 5) is 4.57. The molecule has 1 aliphatic carbocycles. The molecular formula is C13H14BrN. The summed E-state index contributed by atoms with van der Waals surface area (Å²) in [7, 11) is 0. The van der Waals surface area contributed by atoms with Gasteiger partial charge in [-0.2, -0.15) is 0 Å². The molecule has 1 aromatic carbocycles. The topological polar surface area (TPSA) is 12.4 Å². The van der Waals surface area contributed by atoms with Gasteiger partial charge in [0.1, 0.15) is 0 Å². The van der Waals surface area contributed by atoms with Crippen molar-refractivity contribution in [1.29, 1.82) is 0 Å². The number of hydrogen-bond acceptors (Lipinski definition) is 1. The number of para-hydroxylation sites is 1. The van der Waals surface area contributed by atoms with Crippen LogP contribution in [0.1, 0.15) is 24.8 Å². The highest BCUT2D eigenvalue weighted by Gasteiger charge is 2.49. The molecule has 1 nitrogen and oxygen atoms in total. The smallest absolute Gasteiger partial charge is 0.0667 e. The molecule has 1 spiro atoms. The minimum absolute atomic E-state index is 0.296. The third kappa shape index (κ3) is 1.24. The molecule has 2 unspecified atom stereocenters. The van der Waals surface area contributed by atoms with Crippen LogP contribution in [0.4, 0.5) is 5.69 Å². The predicted molar refractivity (Wildman–Crippen MR) is 67.4 cm³/mol. The molecule has 2 aliphatic rings. The van der Waals surface area contributed by atoms with Gasteiger partial charge in [0, 0.05) is 17.0 Å². The molecule has 1 aromatic rings. The summed E-state index contributed by atoms with van der Waals surface area (Å²) in [6.45, 7) is 0. The molecule has 15 heavy (non-hydrogen) atoms. The molecule has 0 amide bonds. The third-order valence-corrected chi connectivity index (χ3v) is 4.39. The number of fused-ring (bicyclic) bond motifs is 2. The number of benzene rings is 1. The Bertz CT molecular complexity index is 413. The van der Waals surface area contributed by atoms with Crippen molar-refractivity contribution >= 4 is 27.8 Å². The van der Waals surface area contributed by atoms with Gasteiger partial charge in [0.25, 0.3) is 0 Å². The molecule has 0 bridgehead atoms. The van der Waals surface area contributed by atoms with Gasteiger partial charge in [-0.05, 0) is 36.8 Å². The van der Waals surface area contributed by atoms with Crippen LogP contribution in [0, 0.1) is 5.92 Å². The molecule has 78 valence electrons. The van der Waals surface area contributed by atoms with Gasteiger partial charge in [-0.3, -0.25) is 4.99 Å². The maximum absolute atomic E-state index is 4.57. The molecule has 2 heteroatoms. The molecule has 2 atom stereocenters. The minimum Gasteiger partial charge on any atom is -0.260 e. The van der Waals surface area contributed by atoms with Crippen molar-refractivity contribution in [1.82, 2.24) is 0 Å². The van der Waals surface area contributed by atoms with Crippen LogP contribution in [0.25, 0.3) is 0 Å². The zero-order valence-corrected chi connectivity index (χ0v) is 10.2. The van der Waals surface area contributed by atoms with Gasteiger partial charge >= 0.3 is 0 Å². The van der Waals surface area contributed by atoms with E-state index in [0.717, 1.165) is 11.2 Å². The molecule has 0 aromatic heterocycles. The Kier molecular flexibility index (Phi) is 2.20. The third-order valence-electron chi connectivity index (χ3n) is 3.93. The van der Waals surface area contributed by atoms with E-state index in [0.29, 0.717) is 5.41 Å². The maximum Gasteiger partial charge on any atom is 0.0667 e. The lowest BCUT2D eigenvalue weighted by molar-refractivity contribution is 0.198. The number of alkyl halides is 1. The Labute approximate surface area is 98.7 Å². The first-order chi connectivity index (χ1) is 7.37. The molecule has 0 radical (unpaired) electrons. The van der Waals surface area contributed by atoms with E-state index in [-0.39, 0.29) is 0 Å². The van der Waals surface area contributed by atoms with Crippen LogP contribution in [0.5, 0.6) is 0 Å². The minimum atomic E-state index is 0.296. The van der Waals surface area contributed by atoms with Crippen molar-refractivity contribution in [2.45, 2.75) is 24.7 Å². The number of aliphatic imine (C=N–C) groups is 1. The van der Waals surface area contributed by atoms with Crippen molar-refractivity contribution < 1.29 is 0 Å². The largest absolute Gasteiger partial charge is 0.260 e. The zero-order chi connectivity index (χ0) is 10.3. The van der Waals surface area contributed by atoms with Crippen LogP contribution in [0.2, 0.25) is 0 Å². The Morgan fingerprint density at radius 2 is 2.27 bits per heavy atom. The van der Waals surface area contributed by atoms with Crippen LogP contribution in [-0.4, -0.2) is 11.5 Å². The SMILES string of the molecule is BrCCC1CCC12C=Nc1ccccc12. The Morgan fingerprint density at radius 3 is 3.00 bits per heavy atom. The van der Waals surface area contributed by atoms with Crippen LogP contribution < -0.4 is 0 Å². The fourth-order valence-electron chi connectivity index (χ4n) is 2.95. The van der Waals surface area contributed by atoms with Gasteiger partial charge in [0.2, 0.25) is 0 Å². The van der Waals surface area contributed by atoms with E-state index < -0.39 is 0 Å². The lowest BCUT2D eigenvalue weighted by Crippen LogP contribution is -2.44. The number of rotatable bonds is 2. The lowest BCUT2D eigenvalue weighted by atomic mass is 9.57. The molecule has 1 aliphatic heterocycles. The fraction of sp³-hybridized carbons (Fsp3) is 0.462. The molecule has 1 saturated carbocycles. The van der Waals surface area contributed by atoms with Gasteiger partial charge in [-0.15, -0.1) is 0 Å². The van der Waals surface area contributed by atoms with Gasteiger partial charge in [-0.1, -0.05) is 34.1 Å². The highest BCUT2D eigenvalue weighted by Crippen LogP contribution is 2.54. The molecule has 0 N–H and O–H groups in total. The molecule has 1 heterocycles. The second kappa shape index (κ2) is 3.44. The van der Waals surface area contributed by atoms with Crippen LogP contribution in [-0.2, 0) is 5.41 Å². The second-order valence-corrected chi connectivity index (χ2v) is 5.32. The van der Waals surface area contributed by atoms with Crippen molar-refractivity contribution in [2.24, 2.45) is 10.9 Å². The highest BCUT2D eigenvalue weighted by atomic mass is 79.9. The Balaban J connectivity index is 1.99. The first-order valence-electron chi connectivity index (χ1n) is 5.57. The first kappa shape index (κ1) is 9.59. The van der Waals surface area contributed by atoms with Crippen LogP contribution in [0.15, 0.2) is 29.3 Å². The summed E-state index contributed by atoms with van der Waals surface area (Å²) in [6, 6.07) is 8.60. The van der Waals surface area contributed by atoms with E-state index in [4.69, 9.17) is 0 Å². The van der Waals surface area contributed by atoms with Gasteiger partial charge in [-0.25, -0.2) is 0 Å². The number of nitrogens with zero attached hydrogens (tertiary/aromatic N) is 1. The molecule has 1 fully saturated rings. The van der Waals surface area contributed by atoms with Crippen LogP contribution >= 0.6 is 15.9 Å². The Morgan fingerprint density at radius 1 is 1.40 bits per heavy atom. The average Bonchev–Trinajstić information content (AvgIpc) is 2.66. The summed E-state index contributed by atoms with van der Waals surface area (Å²) in [5.74, 6) is 0.796. The van der Waals surface area contributed by atoms with E-state index in [2.05, 4.69) is 51.4 Å². The van der Waals surface area contributed by atoms with E-state index in [9.17, 15) is 0 Å². The summed E-state index contributed by atoms with van der Waals surface area (Å²) in [5, 5.41) is 1.11. The van der Waals surface area contributed by atoms with Crippen molar-refractivity contribution in [2.75, 3.05) is 5.33 Å².